The molecule has 0 aromatic heterocycles. The normalized spacial score (nSPS) is 17.8. The number of nitroso groups, excluding NO2 is 1. The molecule has 0 atom stereocenters. The van der Waals surface area contributed by atoms with Crippen LogP contribution in [-0.4, -0.2) is 10.7 Å². The monoisotopic (exact) mass is 152 g/mol. The molecule has 1 heterocycles. The molecule has 0 saturated carbocycles. The molecule has 0 bridgehead atoms. The zero-order valence-corrected chi connectivity index (χ0v) is 5.87. The molecule has 1 rings (SSSR count). The molecular weight excluding hydrogens is 146 g/mol. The van der Waals surface area contributed by atoms with Gasteiger partial charge in [-0.05, 0) is 0 Å². The van der Waals surface area contributed by atoms with E-state index in [1.807, 2.05) is 11.5 Å². The van der Waals surface area contributed by atoms with E-state index in [1.54, 1.807) is 0 Å². The van der Waals surface area contributed by atoms with Crippen LogP contribution in [0, 0.1) is 4.91 Å². The second-order valence-electron chi connectivity index (χ2n) is 1.32. The number of hydrogen-bond acceptors (Lipinski definition) is 2. The average molecular weight is 153 g/mol. The summed E-state index contributed by atoms with van der Waals surface area (Å²) in [6.07, 6.45) is 2.90. The van der Waals surface area contributed by atoms with E-state index >= 15 is 0 Å². The Kier molecular flexibility index (Phi) is 3.91. The molecule has 0 amide bonds. The van der Waals surface area contributed by atoms with Crippen molar-refractivity contribution in [1.29, 1.82) is 0 Å². The van der Waals surface area contributed by atoms with E-state index in [0.717, 1.165) is 10.6 Å². The number of nitrogens with zero attached hydrogens (tertiary/aromatic N) is 1. The highest BCUT2D eigenvalue weighted by molar-refractivity contribution is 7.96. The van der Waals surface area contributed by atoms with Crippen molar-refractivity contribution < 1.29 is 4.17 Å². The van der Waals surface area contributed by atoms with E-state index in [4.69, 9.17) is 0 Å². The van der Waals surface area contributed by atoms with Crippen molar-refractivity contribution in [2.75, 3.05) is 6.54 Å². The zero-order valence-electron chi connectivity index (χ0n) is 4.24. The third kappa shape index (κ3) is 2.33. The maximum atomic E-state index is 10.3. The molecule has 46 valence electrons. The van der Waals surface area contributed by atoms with E-state index in [2.05, 4.69) is 0 Å². The Morgan fingerprint density at radius 2 is 2.38 bits per heavy atom. The largest absolute Gasteiger partial charge is 0.242 e. The summed E-state index contributed by atoms with van der Waals surface area (Å²) in [5.74, 6) is 0. The summed E-state index contributed by atoms with van der Waals surface area (Å²) in [7, 11) is 0. The van der Waals surface area contributed by atoms with Crippen molar-refractivity contribution in [3.63, 3.8) is 0 Å². The van der Waals surface area contributed by atoms with Gasteiger partial charge in [-0.15, -0.1) is 12.4 Å². The molecule has 0 fully saturated rings. The lowest BCUT2D eigenvalue weighted by Gasteiger charge is -1.87. The molecule has 0 saturated heterocycles. The molecule has 0 aliphatic carbocycles. The Morgan fingerprint density at radius 3 is 2.62 bits per heavy atom. The minimum absolute atomic E-state index is 0. The van der Waals surface area contributed by atoms with Crippen molar-refractivity contribution in [3.8, 4) is 0 Å². The van der Waals surface area contributed by atoms with Crippen LogP contribution >= 0.6 is 24.4 Å². The van der Waals surface area contributed by atoms with Gasteiger partial charge in [0.1, 0.15) is 0 Å². The van der Waals surface area contributed by atoms with Gasteiger partial charge in [-0.25, -0.2) is 0 Å². The lowest BCUT2D eigenvalue weighted by Crippen LogP contribution is -2.00. The number of halogens is 1. The topological polar surface area (TPSA) is 20.1 Å². The average Bonchev–Trinajstić information content (AvgIpc) is 1.69. The van der Waals surface area contributed by atoms with Crippen molar-refractivity contribution in [2.45, 2.75) is 6.42 Å². The summed E-state index contributed by atoms with van der Waals surface area (Å²) in [5, 5.41) is 1.82. The van der Waals surface area contributed by atoms with Crippen LogP contribution in [0.5, 0.6) is 0 Å². The summed E-state index contributed by atoms with van der Waals surface area (Å²) < 4.78 is 0.972. The quantitative estimate of drug-likeness (QED) is 0.389. The van der Waals surface area contributed by atoms with Crippen LogP contribution in [-0.2, 0) is 0 Å². The molecule has 4 heteroatoms. The Morgan fingerprint density at radius 1 is 1.62 bits per heavy atom. The maximum Gasteiger partial charge on any atom is 0.242 e. The first-order valence-corrected chi connectivity index (χ1v) is 3.00. The molecule has 0 radical (unpaired) electrons. The van der Waals surface area contributed by atoms with E-state index in [1.165, 1.54) is 11.9 Å². The zero-order chi connectivity index (χ0) is 5.11. The number of rotatable bonds is 0. The highest BCUT2D eigenvalue weighted by Crippen LogP contribution is 2.09. The summed E-state index contributed by atoms with van der Waals surface area (Å²) >= 11 is 1.22. The van der Waals surface area contributed by atoms with Gasteiger partial charge in [0, 0.05) is 16.7 Å². The van der Waals surface area contributed by atoms with E-state index in [-0.39, 0.29) is 12.4 Å². The Hall–Kier alpha value is -0.0200. The molecule has 0 spiro atoms. The number of hydrogen-bond donors (Lipinski definition) is 0. The molecule has 8 heavy (non-hydrogen) atoms. The first-order valence-electron chi connectivity index (χ1n) is 2.16. The molecule has 0 unspecified atom stereocenters. The summed E-state index contributed by atoms with van der Waals surface area (Å²) in [4.78, 5) is 10.3. The minimum Gasteiger partial charge on any atom is -0.147 e. The predicted octanol–water partition coefficient (Wildman–Crippen LogP) is 1.75. The van der Waals surface area contributed by atoms with Crippen LogP contribution in [0.3, 0.4) is 0 Å². The van der Waals surface area contributed by atoms with Crippen LogP contribution < -0.4 is 0 Å². The fourth-order valence-corrected chi connectivity index (χ4v) is 0.980. The van der Waals surface area contributed by atoms with Gasteiger partial charge in [0.05, 0.1) is 4.17 Å². The van der Waals surface area contributed by atoms with Crippen LogP contribution in [0.15, 0.2) is 11.5 Å². The van der Waals surface area contributed by atoms with Gasteiger partial charge in [0.15, 0.2) is 0 Å². The van der Waals surface area contributed by atoms with Crippen LogP contribution in [0.25, 0.3) is 0 Å². The van der Waals surface area contributed by atoms with E-state index < -0.39 is 0 Å². The van der Waals surface area contributed by atoms with Gasteiger partial charge in [0.25, 0.3) is 0 Å². The lowest BCUT2D eigenvalue weighted by molar-refractivity contribution is -0.370. The molecular formula is C4H7ClNOS+. The first-order chi connectivity index (χ1) is 3.39. The summed E-state index contributed by atoms with van der Waals surface area (Å²) in [5.41, 5.74) is 0. The third-order valence-electron chi connectivity index (χ3n) is 0.753. The van der Waals surface area contributed by atoms with Gasteiger partial charge in [-0.3, -0.25) is 0 Å². The Balaban J connectivity index is 0.000000490. The van der Waals surface area contributed by atoms with Gasteiger partial charge < -0.3 is 0 Å². The Labute approximate surface area is 58.5 Å². The van der Waals surface area contributed by atoms with Crippen molar-refractivity contribution >= 4 is 24.4 Å². The van der Waals surface area contributed by atoms with Crippen LogP contribution in [0.4, 0.5) is 0 Å². The highest BCUT2D eigenvalue weighted by Gasteiger charge is 2.09. The second-order valence-corrected chi connectivity index (χ2v) is 2.21. The van der Waals surface area contributed by atoms with Crippen LogP contribution in [0.1, 0.15) is 6.42 Å². The van der Waals surface area contributed by atoms with E-state index in [9.17, 15) is 4.91 Å². The molecule has 1 aliphatic heterocycles. The molecule has 0 aromatic carbocycles. The molecule has 0 aromatic rings. The summed E-state index contributed by atoms with van der Waals surface area (Å²) in [6.45, 7) is 0.640. The van der Waals surface area contributed by atoms with Gasteiger partial charge in [-0.2, -0.15) is 0 Å². The standard InChI is InChI=1S/C4H6NOS.ClH/c6-5-3-1-2-4-7-5;/h2,4H,1,3H2;1H/q+1;. The van der Waals surface area contributed by atoms with Crippen molar-refractivity contribution in [1.82, 2.24) is 0 Å². The van der Waals surface area contributed by atoms with Gasteiger partial charge in [0.2, 0.25) is 18.5 Å². The third-order valence-corrected chi connectivity index (χ3v) is 1.48. The van der Waals surface area contributed by atoms with Crippen molar-refractivity contribution in [3.05, 3.63) is 16.4 Å². The van der Waals surface area contributed by atoms with Gasteiger partial charge >= 0.3 is 0 Å². The molecule has 1 aliphatic rings. The fourth-order valence-electron chi connectivity index (χ4n) is 0.412. The van der Waals surface area contributed by atoms with E-state index in [0.29, 0.717) is 6.54 Å². The highest BCUT2D eigenvalue weighted by atomic mass is 35.5. The SMILES string of the molecule is Cl.O=[N+]1CCC=CS1. The molecule has 0 N–H and O–H groups in total. The second kappa shape index (κ2) is 3.92. The fraction of sp³-hybridized carbons (Fsp3) is 0.500. The molecule has 2 nitrogen and oxygen atoms in total. The Bertz CT molecular complexity index is 115. The van der Waals surface area contributed by atoms with Crippen LogP contribution in [0.2, 0.25) is 0 Å². The van der Waals surface area contributed by atoms with Crippen molar-refractivity contribution in [2.24, 2.45) is 0 Å². The van der Waals surface area contributed by atoms with Gasteiger partial charge in [-0.1, -0.05) is 6.08 Å². The lowest BCUT2D eigenvalue weighted by atomic mass is 10.4. The summed E-state index contributed by atoms with van der Waals surface area (Å²) in [6, 6.07) is 0. The maximum absolute atomic E-state index is 10.3. The smallest absolute Gasteiger partial charge is 0.147 e. The minimum atomic E-state index is 0. The predicted molar refractivity (Wildman–Crippen MR) is 37.1 cm³/mol. The first kappa shape index (κ1) is 7.98.